The zero-order valence-electron chi connectivity index (χ0n) is 15.5. The van der Waals surface area contributed by atoms with Crippen LogP contribution in [-0.2, 0) is 17.8 Å². The second kappa shape index (κ2) is 7.87. The average Bonchev–Trinajstić information content (AvgIpc) is 3.13. The van der Waals surface area contributed by atoms with E-state index in [0.717, 1.165) is 5.56 Å². The van der Waals surface area contributed by atoms with Crippen molar-refractivity contribution >= 4 is 17.5 Å². The number of ether oxygens (including phenoxy) is 1. The van der Waals surface area contributed by atoms with Gasteiger partial charge in [-0.3, -0.25) is 14.3 Å². The molecule has 2 aromatic heterocycles. The van der Waals surface area contributed by atoms with Crippen LogP contribution >= 0.6 is 0 Å². The number of nitrogens with one attached hydrogen (secondary N) is 1. The van der Waals surface area contributed by atoms with E-state index in [0.29, 0.717) is 5.56 Å². The zero-order valence-corrected chi connectivity index (χ0v) is 15.5. The van der Waals surface area contributed by atoms with E-state index in [-0.39, 0.29) is 30.4 Å². The van der Waals surface area contributed by atoms with Gasteiger partial charge in [0.1, 0.15) is 11.5 Å². The molecule has 146 valence electrons. The standard InChI is InChI=1S/C19H20N4O5/c1-22(11-13-8-9-28-15(13)18(25)27-2)14-16(20)23(19(26)21-17(14)24)10-12-6-4-3-5-7-12/h3-9H,10-11,20H2,1-2H3,(H,21,24,26). The number of carbonyl (C=O) groups excluding carboxylic acids is 1. The van der Waals surface area contributed by atoms with E-state index in [9.17, 15) is 14.4 Å². The Kier molecular flexibility index (Phi) is 5.35. The van der Waals surface area contributed by atoms with Crippen molar-refractivity contribution in [3.63, 3.8) is 0 Å². The van der Waals surface area contributed by atoms with E-state index in [1.54, 1.807) is 18.0 Å². The molecule has 3 rings (SSSR count). The van der Waals surface area contributed by atoms with Gasteiger partial charge in [-0.15, -0.1) is 0 Å². The molecule has 0 amide bonds. The van der Waals surface area contributed by atoms with Crippen molar-refractivity contribution in [2.24, 2.45) is 0 Å². The predicted octanol–water partition coefficient (Wildman–Crippen LogP) is 1.18. The minimum absolute atomic E-state index is 0.0308. The number of esters is 1. The number of hydrogen-bond donors (Lipinski definition) is 2. The number of hydrogen-bond acceptors (Lipinski definition) is 7. The molecule has 1 aromatic carbocycles. The molecule has 0 aliphatic carbocycles. The number of H-pyrrole nitrogens is 1. The van der Waals surface area contributed by atoms with E-state index in [2.05, 4.69) is 9.72 Å². The Hall–Kier alpha value is -3.75. The van der Waals surface area contributed by atoms with E-state index in [1.807, 2.05) is 30.3 Å². The molecule has 0 unspecified atom stereocenters. The van der Waals surface area contributed by atoms with Gasteiger partial charge >= 0.3 is 11.7 Å². The Bertz CT molecular complexity index is 1100. The monoisotopic (exact) mass is 384 g/mol. The number of benzene rings is 1. The number of carbonyl (C=O) groups is 1. The van der Waals surface area contributed by atoms with Crippen molar-refractivity contribution in [2.45, 2.75) is 13.1 Å². The predicted molar refractivity (Wildman–Crippen MR) is 103 cm³/mol. The number of methoxy groups -OCH3 is 1. The van der Waals surface area contributed by atoms with Crippen molar-refractivity contribution in [3.05, 3.63) is 80.4 Å². The molecule has 0 saturated heterocycles. The van der Waals surface area contributed by atoms with Crippen LogP contribution in [0, 0.1) is 0 Å². The van der Waals surface area contributed by atoms with Gasteiger partial charge in [0.15, 0.2) is 0 Å². The fraction of sp³-hybridized carbons (Fsp3) is 0.211. The number of rotatable bonds is 6. The van der Waals surface area contributed by atoms with Crippen LogP contribution < -0.4 is 21.9 Å². The largest absolute Gasteiger partial charge is 0.463 e. The number of aromatic nitrogens is 2. The summed E-state index contributed by atoms with van der Waals surface area (Å²) < 4.78 is 11.1. The fourth-order valence-corrected chi connectivity index (χ4v) is 2.94. The van der Waals surface area contributed by atoms with E-state index < -0.39 is 17.2 Å². The van der Waals surface area contributed by atoms with E-state index in [1.165, 1.54) is 17.9 Å². The molecule has 3 N–H and O–H groups in total. The first-order chi connectivity index (χ1) is 13.4. The lowest BCUT2D eigenvalue weighted by atomic mass is 10.2. The topological polar surface area (TPSA) is 124 Å². The summed E-state index contributed by atoms with van der Waals surface area (Å²) >= 11 is 0. The molecule has 0 radical (unpaired) electrons. The van der Waals surface area contributed by atoms with Gasteiger partial charge in [0.05, 0.1) is 19.9 Å². The first kappa shape index (κ1) is 19.0. The summed E-state index contributed by atoms with van der Waals surface area (Å²) in [6, 6.07) is 10.9. The van der Waals surface area contributed by atoms with Crippen LogP contribution in [-0.4, -0.2) is 29.7 Å². The van der Waals surface area contributed by atoms with Gasteiger partial charge in [0, 0.05) is 19.2 Å². The zero-order chi connectivity index (χ0) is 20.3. The smallest absolute Gasteiger partial charge is 0.374 e. The Balaban J connectivity index is 1.97. The lowest BCUT2D eigenvalue weighted by Crippen LogP contribution is -2.37. The molecule has 28 heavy (non-hydrogen) atoms. The normalized spacial score (nSPS) is 10.6. The molecule has 0 bridgehead atoms. The number of aromatic amines is 1. The summed E-state index contributed by atoms with van der Waals surface area (Å²) in [7, 11) is 2.88. The SMILES string of the molecule is COC(=O)c1occc1CN(C)c1c(N)n(Cc2ccccc2)c(=O)[nH]c1=O. The third kappa shape index (κ3) is 3.68. The third-order valence-electron chi connectivity index (χ3n) is 4.30. The van der Waals surface area contributed by atoms with Gasteiger partial charge in [-0.05, 0) is 11.6 Å². The van der Waals surface area contributed by atoms with Gasteiger partial charge < -0.3 is 19.8 Å². The summed E-state index contributed by atoms with van der Waals surface area (Å²) in [5.41, 5.74) is 6.47. The molecule has 9 heteroatoms. The summed E-state index contributed by atoms with van der Waals surface area (Å²) in [5.74, 6) is -0.547. The van der Waals surface area contributed by atoms with Crippen molar-refractivity contribution < 1.29 is 13.9 Å². The second-order valence-corrected chi connectivity index (χ2v) is 6.19. The average molecular weight is 384 g/mol. The van der Waals surface area contributed by atoms with E-state index in [4.69, 9.17) is 10.2 Å². The molecule has 0 fully saturated rings. The van der Waals surface area contributed by atoms with Crippen molar-refractivity contribution in [2.75, 3.05) is 24.8 Å². The summed E-state index contributed by atoms with van der Waals surface area (Å²) in [6.07, 6.45) is 1.36. The van der Waals surface area contributed by atoms with Crippen LogP contribution in [0.4, 0.5) is 11.5 Å². The van der Waals surface area contributed by atoms with Gasteiger partial charge in [-0.2, -0.15) is 0 Å². The van der Waals surface area contributed by atoms with Crippen LogP contribution in [0.2, 0.25) is 0 Å². The molecule has 0 aliphatic heterocycles. The Morgan fingerprint density at radius 2 is 1.96 bits per heavy atom. The molecule has 3 aromatic rings. The molecule has 9 nitrogen and oxygen atoms in total. The number of nitrogen functional groups attached to an aromatic ring is 1. The van der Waals surface area contributed by atoms with E-state index >= 15 is 0 Å². The number of anilines is 2. The minimum atomic E-state index is -0.621. The first-order valence-electron chi connectivity index (χ1n) is 8.44. The molecule has 0 aliphatic rings. The second-order valence-electron chi connectivity index (χ2n) is 6.19. The van der Waals surface area contributed by atoms with Gasteiger partial charge in [0.2, 0.25) is 5.76 Å². The molecule has 0 spiro atoms. The van der Waals surface area contributed by atoms with Crippen LogP contribution in [0.5, 0.6) is 0 Å². The molecule has 0 saturated carbocycles. The van der Waals surface area contributed by atoms with Crippen LogP contribution in [0.15, 0.2) is 56.7 Å². The fourth-order valence-electron chi connectivity index (χ4n) is 2.94. The summed E-state index contributed by atoms with van der Waals surface area (Å²) in [6.45, 7) is 0.361. The number of nitrogens with zero attached hydrogens (tertiary/aromatic N) is 2. The highest BCUT2D eigenvalue weighted by atomic mass is 16.5. The van der Waals surface area contributed by atoms with Crippen molar-refractivity contribution in [1.29, 1.82) is 0 Å². The molecular weight excluding hydrogens is 364 g/mol. The maximum atomic E-state index is 12.4. The maximum Gasteiger partial charge on any atom is 0.374 e. The highest BCUT2D eigenvalue weighted by Gasteiger charge is 2.21. The van der Waals surface area contributed by atoms with Crippen molar-refractivity contribution in [1.82, 2.24) is 9.55 Å². The lowest BCUT2D eigenvalue weighted by molar-refractivity contribution is 0.0563. The molecule has 2 heterocycles. The maximum absolute atomic E-state index is 12.4. The number of nitrogens with two attached hydrogens (primary N) is 1. The molecular formula is C19H20N4O5. The van der Waals surface area contributed by atoms with Gasteiger partial charge in [0.25, 0.3) is 5.56 Å². The van der Waals surface area contributed by atoms with Crippen LogP contribution in [0.25, 0.3) is 0 Å². The van der Waals surface area contributed by atoms with Crippen LogP contribution in [0.1, 0.15) is 21.7 Å². The summed E-state index contributed by atoms with van der Waals surface area (Å²) in [4.78, 5) is 40.3. The quantitative estimate of drug-likeness (QED) is 0.612. The highest BCUT2D eigenvalue weighted by Crippen LogP contribution is 2.21. The number of furan rings is 1. The highest BCUT2D eigenvalue weighted by molar-refractivity contribution is 5.88. The summed E-state index contributed by atoms with van der Waals surface area (Å²) in [5, 5.41) is 0. The van der Waals surface area contributed by atoms with Crippen molar-refractivity contribution in [3.8, 4) is 0 Å². The minimum Gasteiger partial charge on any atom is -0.463 e. The first-order valence-corrected chi connectivity index (χ1v) is 8.44. The molecule has 0 atom stereocenters. The lowest BCUT2D eigenvalue weighted by Gasteiger charge is -2.21. The Morgan fingerprint density at radius 3 is 2.64 bits per heavy atom. The third-order valence-corrected chi connectivity index (χ3v) is 4.30. The van der Waals surface area contributed by atoms with Gasteiger partial charge in [-0.1, -0.05) is 30.3 Å². The Labute approximate surface area is 160 Å². The van der Waals surface area contributed by atoms with Crippen LogP contribution in [0.3, 0.4) is 0 Å². The Morgan fingerprint density at radius 1 is 1.25 bits per heavy atom. The van der Waals surface area contributed by atoms with Gasteiger partial charge in [-0.25, -0.2) is 9.59 Å².